The van der Waals surface area contributed by atoms with Crippen LogP contribution < -0.4 is 11.1 Å². The third kappa shape index (κ3) is 2.93. The first kappa shape index (κ1) is 15.5. The quantitative estimate of drug-likeness (QED) is 0.443. The minimum atomic E-state index is -0.471. The van der Waals surface area contributed by atoms with Crippen LogP contribution in [0.2, 0.25) is 0 Å². The van der Waals surface area contributed by atoms with Crippen LogP contribution in [0.1, 0.15) is 0 Å². The second-order valence-electron chi connectivity index (χ2n) is 4.90. The van der Waals surface area contributed by atoms with E-state index in [4.69, 9.17) is 5.73 Å². The molecule has 3 rings (SSSR count). The van der Waals surface area contributed by atoms with Crippen LogP contribution in [0.25, 0.3) is 11.3 Å². The Hall–Kier alpha value is -2.36. The number of aryl methyl sites for hydroxylation is 1. The van der Waals surface area contributed by atoms with Gasteiger partial charge >= 0.3 is 0 Å². The summed E-state index contributed by atoms with van der Waals surface area (Å²) < 4.78 is 16.7. The van der Waals surface area contributed by atoms with Crippen LogP contribution in [-0.2, 0) is 7.05 Å². The van der Waals surface area contributed by atoms with Crippen LogP contribution >= 0.6 is 22.6 Å². The lowest BCUT2D eigenvalue weighted by atomic mass is 10.1. The average Bonchev–Trinajstić information content (AvgIpc) is 2.83. The van der Waals surface area contributed by atoms with Crippen molar-refractivity contribution >= 4 is 39.7 Å². The lowest BCUT2D eigenvalue weighted by molar-refractivity contribution is 0.454. The fourth-order valence-electron chi connectivity index (χ4n) is 2.27. The maximum atomic E-state index is 14.4. The molecule has 0 unspecified atom stereocenters. The number of rotatable bonds is 3. The van der Waals surface area contributed by atoms with Crippen molar-refractivity contribution in [3.05, 3.63) is 45.8 Å². The van der Waals surface area contributed by atoms with Crippen molar-refractivity contribution < 1.29 is 9.50 Å². The summed E-state index contributed by atoms with van der Waals surface area (Å²) in [6, 6.07) is 9.98. The fourth-order valence-corrected chi connectivity index (χ4v) is 2.79. The molecule has 0 aliphatic carbocycles. The van der Waals surface area contributed by atoms with E-state index in [0.717, 1.165) is 3.57 Å². The molecule has 1 aromatic heterocycles. The highest BCUT2D eigenvalue weighted by atomic mass is 127. The molecule has 4 N–H and O–H groups in total. The molecule has 3 aromatic rings. The largest absolute Gasteiger partial charge is 0.491 e. The topological polar surface area (TPSA) is 89.0 Å². The van der Waals surface area contributed by atoms with Crippen molar-refractivity contribution in [3.63, 3.8) is 0 Å². The van der Waals surface area contributed by atoms with Gasteiger partial charge in [-0.25, -0.2) is 9.07 Å². The number of halogens is 2. The monoisotopic (exact) mass is 425 g/mol. The number of hydrogen-bond acceptors (Lipinski definition) is 5. The zero-order valence-corrected chi connectivity index (χ0v) is 14.2. The maximum absolute atomic E-state index is 14.4. The molecule has 0 radical (unpaired) electrons. The summed E-state index contributed by atoms with van der Waals surface area (Å²) in [5.41, 5.74) is 8.00. The third-order valence-electron chi connectivity index (χ3n) is 3.35. The molecule has 0 aliphatic rings. The van der Waals surface area contributed by atoms with Crippen molar-refractivity contribution in [1.29, 1.82) is 0 Å². The molecule has 1 heterocycles. The van der Waals surface area contributed by atoms with Crippen molar-refractivity contribution in [3.8, 4) is 17.1 Å². The molecule has 0 amide bonds. The van der Waals surface area contributed by atoms with Gasteiger partial charge in [-0.05, 0) is 46.9 Å². The van der Waals surface area contributed by atoms with E-state index in [1.807, 2.05) is 6.07 Å². The van der Waals surface area contributed by atoms with E-state index in [1.165, 1.54) is 10.7 Å². The highest BCUT2D eigenvalue weighted by Gasteiger charge is 2.19. The molecule has 23 heavy (non-hydrogen) atoms. The van der Waals surface area contributed by atoms with Crippen LogP contribution in [0.4, 0.5) is 21.5 Å². The summed E-state index contributed by atoms with van der Waals surface area (Å²) in [5, 5.41) is 20.2. The third-order valence-corrected chi connectivity index (χ3v) is 4.02. The summed E-state index contributed by atoms with van der Waals surface area (Å²) in [4.78, 5) is 0. The van der Waals surface area contributed by atoms with Gasteiger partial charge in [-0.1, -0.05) is 22.4 Å². The molecule has 118 valence electrons. The van der Waals surface area contributed by atoms with E-state index in [9.17, 15) is 9.50 Å². The first-order chi connectivity index (χ1) is 11.0. The van der Waals surface area contributed by atoms with Crippen LogP contribution in [0, 0.1) is 9.39 Å². The van der Waals surface area contributed by atoms with Crippen molar-refractivity contribution in [2.45, 2.75) is 0 Å². The van der Waals surface area contributed by atoms with Gasteiger partial charge in [0.15, 0.2) is 0 Å². The minimum absolute atomic E-state index is 0.195. The van der Waals surface area contributed by atoms with E-state index >= 15 is 0 Å². The Labute approximate surface area is 145 Å². The number of nitrogen functional groups attached to an aromatic ring is 1. The lowest BCUT2D eigenvalue weighted by Crippen LogP contribution is -2.02. The predicted octanol–water partition coefficient (Wildman–Crippen LogP) is 3.26. The van der Waals surface area contributed by atoms with Crippen LogP contribution in [0.3, 0.4) is 0 Å². The van der Waals surface area contributed by atoms with E-state index in [0.29, 0.717) is 22.6 Å². The zero-order chi connectivity index (χ0) is 16.6. The molecule has 0 saturated heterocycles. The Balaban J connectivity index is 2.13. The molecule has 8 heteroatoms. The highest BCUT2D eigenvalue weighted by molar-refractivity contribution is 14.1. The van der Waals surface area contributed by atoms with E-state index < -0.39 is 5.82 Å². The molecule has 0 atom stereocenters. The Bertz CT molecular complexity index is 861. The van der Waals surface area contributed by atoms with Crippen molar-refractivity contribution in [2.24, 2.45) is 7.05 Å². The molecule has 0 spiro atoms. The second kappa shape index (κ2) is 6.03. The minimum Gasteiger partial charge on any atom is -0.491 e. The Morgan fingerprint density at radius 1 is 1.30 bits per heavy atom. The van der Waals surface area contributed by atoms with E-state index in [-0.39, 0.29) is 11.6 Å². The summed E-state index contributed by atoms with van der Waals surface area (Å²) in [7, 11) is 1.62. The SMILES string of the molecule is Cn1nnc(O)c1-c1cccc(F)c1Nc1ccc(I)cc1N. The van der Waals surface area contributed by atoms with Gasteiger partial charge in [0.2, 0.25) is 0 Å². The van der Waals surface area contributed by atoms with Crippen molar-refractivity contribution in [1.82, 2.24) is 15.0 Å². The van der Waals surface area contributed by atoms with Gasteiger partial charge in [0.05, 0.1) is 17.1 Å². The number of nitrogens with one attached hydrogen (secondary N) is 1. The Kier molecular flexibility index (Phi) is 4.07. The number of aromatic nitrogens is 3. The number of nitrogens with two attached hydrogens (primary N) is 1. The van der Waals surface area contributed by atoms with Gasteiger partial charge < -0.3 is 16.2 Å². The summed E-state index contributed by atoms with van der Waals surface area (Å²) in [6.45, 7) is 0. The van der Waals surface area contributed by atoms with Gasteiger partial charge in [-0.3, -0.25) is 0 Å². The molecule has 0 bridgehead atoms. The lowest BCUT2D eigenvalue weighted by Gasteiger charge is -2.15. The summed E-state index contributed by atoms with van der Waals surface area (Å²) >= 11 is 2.15. The summed E-state index contributed by atoms with van der Waals surface area (Å²) in [6.07, 6.45) is 0. The van der Waals surface area contributed by atoms with Gasteiger partial charge in [-0.15, -0.1) is 0 Å². The van der Waals surface area contributed by atoms with Crippen LogP contribution in [0.15, 0.2) is 36.4 Å². The van der Waals surface area contributed by atoms with E-state index in [2.05, 4.69) is 38.2 Å². The zero-order valence-electron chi connectivity index (χ0n) is 12.1. The maximum Gasteiger partial charge on any atom is 0.259 e. The van der Waals surface area contributed by atoms with Crippen molar-refractivity contribution in [2.75, 3.05) is 11.1 Å². The van der Waals surface area contributed by atoms with E-state index in [1.54, 1.807) is 31.3 Å². The average molecular weight is 425 g/mol. The number of hydrogen-bond donors (Lipinski definition) is 3. The molecular formula is C15H13FIN5O. The molecule has 2 aromatic carbocycles. The van der Waals surface area contributed by atoms with Gasteiger partial charge in [-0.2, -0.15) is 0 Å². The first-order valence-electron chi connectivity index (χ1n) is 6.67. The number of benzene rings is 2. The fraction of sp³-hybridized carbons (Fsp3) is 0.0667. The van der Waals surface area contributed by atoms with Crippen LogP contribution in [-0.4, -0.2) is 20.1 Å². The second-order valence-corrected chi connectivity index (χ2v) is 6.15. The van der Waals surface area contributed by atoms with Gasteiger partial charge in [0.25, 0.3) is 5.88 Å². The number of anilines is 3. The molecule has 0 fully saturated rings. The highest BCUT2D eigenvalue weighted by Crippen LogP contribution is 2.37. The molecule has 6 nitrogen and oxygen atoms in total. The normalized spacial score (nSPS) is 10.7. The first-order valence-corrected chi connectivity index (χ1v) is 7.75. The number of nitrogens with zero attached hydrogens (tertiary/aromatic N) is 3. The van der Waals surface area contributed by atoms with Gasteiger partial charge in [0, 0.05) is 16.2 Å². The standard InChI is InChI=1S/C15H13FIN5O/c1-22-14(15(23)20-21-22)9-3-2-4-10(16)13(9)19-12-6-5-8(17)7-11(12)18/h2-7,19,23H,18H2,1H3. The molecule has 0 aliphatic heterocycles. The summed E-state index contributed by atoms with van der Waals surface area (Å²) in [5.74, 6) is -0.738. The number of para-hydroxylation sites is 1. The Morgan fingerprint density at radius 2 is 2.09 bits per heavy atom. The molecule has 0 saturated carbocycles. The molecular weight excluding hydrogens is 412 g/mol. The number of aromatic hydroxyl groups is 1. The predicted molar refractivity (Wildman–Crippen MR) is 94.9 cm³/mol. The van der Waals surface area contributed by atoms with Crippen LogP contribution in [0.5, 0.6) is 5.88 Å². The smallest absolute Gasteiger partial charge is 0.259 e. The van der Waals surface area contributed by atoms with Gasteiger partial charge in [0.1, 0.15) is 11.5 Å². The Morgan fingerprint density at radius 3 is 2.74 bits per heavy atom.